The van der Waals surface area contributed by atoms with Crippen LogP contribution < -0.4 is 9.80 Å². The molecule has 2 N–H and O–H groups in total. The van der Waals surface area contributed by atoms with Crippen LogP contribution in [0.3, 0.4) is 0 Å². The molecule has 0 saturated heterocycles. The average molecular weight is 404 g/mol. The van der Waals surface area contributed by atoms with E-state index in [-0.39, 0.29) is 12.3 Å². The lowest BCUT2D eigenvalue weighted by Crippen LogP contribution is -2.18. The summed E-state index contributed by atoms with van der Waals surface area (Å²) in [6.07, 6.45) is 0.180. The number of benzene rings is 2. The van der Waals surface area contributed by atoms with E-state index in [0.717, 1.165) is 29.8 Å². The summed E-state index contributed by atoms with van der Waals surface area (Å²) in [6, 6.07) is 13.0. The van der Waals surface area contributed by atoms with Gasteiger partial charge in [0.25, 0.3) is 0 Å². The van der Waals surface area contributed by atoms with E-state index in [2.05, 4.69) is 11.8 Å². The zero-order valence-corrected chi connectivity index (χ0v) is 17.1. The van der Waals surface area contributed by atoms with E-state index in [1.807, 2.05) is 37.4 Å². The Bertz CT molecular complexity index is 909. The highest BCUT2D eigenvalue weighted by molar-refractivity contribution is 7.51. The molecule has 1 heterocycles. The van der Waals surface area contributed by atoms with Gasteiger partial charge in [-0.1, -0.05) is 25.1 Å². The van der Waals surface area contributed by atoms with E-state index in [9.17, 15) is 9.36 Å². The van der Waals surface area contributed by atoms with Crippen LogP contribution in [0.15, 0.2) is 42.5 Å². The van der Waals surface area contributed by atoms with Crippen molar-refractivity contribution >= 4 is 24.9 Å². The topological polar surface area (TPSA) is 90.3 Å². The summed E-state index contributed by atoms with van der Waals surface area (Å²) in [6.45, 7) is 3.01. The second-order valence-electron chi connectivity index (χ2n) is 7.07. The SMILES string of the molecule is CCCN(C)c1ccc2c(c1)C(=O)OC2c1ccc(N(C)CP(=O)(O)O)cc1. The summed E-state index contributed by atoms with van der Waals surface area (Å²) < 4.78 is 16.8. The molecule has 150 valence electrons. The van der Waals surface area contributed by atoms with Crippen LogP contribution in [0.4, 0.5) is 11.4 Å². The van der Waals surface area contributed by atoms with Crippen molar-refractivity contribution in [3.8, 4) is 0 Å². The number of hydrogen-bond donors (Lipinski definition) is 2. The Balaban J connectivity index is 1.83. The fourth-order valence-electron chi connectivity index (χ4n) is 3.39. The third kappa shape index (κ3) is 4.38. The molecule has 8 heteroatoms. The fraction of sp³-hybridized carbons (Fsp3) is 0.350. The standard InChI is InChI=1S/C20H25N2O5P/c1-4-11-21(2)16-9-10-17-18(12-16)20(23)27-19(17)14-5-7-15(8-6-14)22(3)13-28(24,25)26/h5-10,12,19H,4,11,13H2,1-3H3,(H2,24,25,26). The maximum absolute atomic E-state index is 12.4. The number of hydrogen-bond acceptors (Lipinski definition) is 5. The molecule has 1 unspecified atom stereocenters. The Morgan fingerprint density at radius 2 is 1.68 bits per heavy atom. The van der Waals surface area contributed by atoms with Gasteiger partial charge in [-0.15, -0.1) is 0 Å². The van der Waals surface area contributed by atoms with E-state index in [1.165, 1.54) is 4.90 Å². The lowest BCUT2D eigenvalue weighted by atomic mass is 9.98. The third-order valence-electron chi connectivity index (χ3n) is 4.80. The fourth-order valence-corrected chi connectivity index (χ4v) is 4.11. The summed E-state index contributed by atoms with van der Waals surface area (Å²) in [7, 11) is -0.523. The number of fused-ring (bicyclic) bond motifs is 1. The molecule has 0 bridgehead atoms. The summed E-state index contributed by atoms with van der Waals surface area (Å²) in [4.78, 5) is 34.2. The van der Waals surface area contributed by atoms with Crippen LogP contribution in [0.2, 0.25) is 0 Å². The third-order valence-corrected chi connectivity index (χ3v) is 5.59. The Morgan fingerprint density at radius 1 is 1.04 bits per heavy atom. The molecule has 1 atom stereocenters. The molecule has 0 radical (unpaired) electrons. The first-order chi connectivity index (χ1) is 13.2. The number of carbonyl (C=O) groups excluding carboxylic acids is 1. The first kappa shape index (κ1) is 20.4. The first-order valence-electron chi connectivity index (χ1n) is 9.11. The van der Waals surface area contributed by atoms with Crippen molar-refractivity contribution < 1.29 is 23.9 Å². The first-order valence-corrected chi connectivity index (χ1v) is 10.9. The Hall–Kier alpha value is -2.34. The normalized spacial score (nSPS) is 15.9. The number of cyclic esters (lactones) is 1. The van der Waals surface area contributed by atoms with Crippen LogP contribution in [-0.2, 0) is 9.30 Å². The van der Waals surface area contributed by atoms with E-state index >= 15 is 0 Å². The number of anilines is 2. The molecule has 0 fully saturated rings. The number of ether oxygens (including phenoxy) is 1. The molecule has 0 aromatic heterocycles. The molecular weight excluding hydrogens is 379 g/mol. The molecule has 2 aromatic rings. The monoisotopic (exact) mass is 404 g/mol. The van der Waals surface area contributed by atoms with Gasteiger partial charge in [0, 0.05) is 37.6 Å². The van der Waals surface area contributed by atoms with Gasteiger partial charge in [0.15, 0.2) is 6.10 Å². The van der Waals surface area contributed by atoms with Crippen molar-refractivity contribution in [2.45, 2.75) is 19.4 Å². The molecule has 1 aliphatic rings. The molecule has 0 spiro atoms. The van der Waals surface area contributed by atoms with Crippen molar-refractivity contribution in [2.24, 2.45) is 0 Å². The van der Waals surface area contributed by atoms with E-state index < -0.39 is 13.7 Å². The maximum Gasteiger partial charge on any atom is 0.344 e. The zero-order valence-electron chi connectivity index (χ0n) is 16.2. The number of carbonyl (C=O) groups is 1. The van der Waals surface area contributed by atoms with Crippen molar-refractivity contribution in [1.29, 1.82) is 0 Å². The average Bonchev–Trinajstić information content (AvgIpc) is 2.97. The van der Waals surface area contributed by atoms with Crippen molar-refractivity contribution in [3.05, 3.63) is 59.2 Å². The zero-order chi connectivity index (χ0) is 20.5. The van der Waals surface area contributed by atoms with Crippen LogP contribution in [0.5, 0.6) is 0 Å². The number of rotatable bonds is 7. The number of nitrogens with zero attached hydrogens (tertiary/aromatic N) is 2. The second-order valence-corrected chi connectivity index (χ2v) is 8.69. The minimum absolute atomic E-state index is 0.338. The van der Waals surface area contributed by atoms with Gasteiger partial charge >= 0.3 is 13.6 Å². The largest absolute Gasteiger partial charge is 0.449 e. The predicted molar refractivity (Wildman–Crippen MR) is 109 cm³/mol. The molecular formula is C20H25N2O5P. The molecule has 28 heavy (non-hydrogen) atoms. The van der Waals surface area contributed by atoms with Crippen LogP contribution >= 0.6 is 7.60 Å². The summed E-state index contributed by atoms with van der Waals surface area (Å²) in [5.41, 5.74) is 3.87. The molecule has 3 rings (SSSR count). The van der Waals surface area contributed by atoms with E-state index in [4.69, 9.17) is 14.5 Å². The van der Waals surface area contributed by atoms with Gasteiger partial charge in [-0.3, -0.25) is 4.57 Å². The Morgan fingerprint density at radius 3 is 2.29 bits per heavy atom. The highest BCUT2D eigenvalue weighted by Crippen LogP contribution is 2.39. The van der Waals surface area contributed by atoms with E-state index in [1.54, 1.807) is 19.2 Å². The maximum atomic E-state index is 12.4. The quantitative estimate of drug-likeness (QED) is 0.540. The van der Waals surface area contributed by atoms with Crippen LogP contribution in [0.25, 0.3) is 0 Å². The highest BCUT2D eigenvalue weighted by atomic mass is 31.2. The van der Waals surface area contributed by atoms with Crippen LogP contribution in [0.1, 0.15) is 40.9 Å². The van der Waals surface area contributed by atoms with Gasteiger partial charge in [0.1, 0.15) is 6.29 Å². The molecule has 0 saturated carbocycles. The van der Waals surface area contributed by atoms with Gasteiger partial charge in [0.05, 0.1) is 5.56 Å². The molecule has 0 aliphatic carbocycles. The smallest absolute Gasteiger partial charge is 0.344 e. The summed E-state index contributed by atoms with van der Waals surface area (Å²) in [5.74, 6) is -0.338. The number of esters is 1. The highest BCUT2D eigenvalue weighted by Gasteiger charge is 2.32. The van der Waals surface area contributed by atoms with Crippen molar-refractivity contribution in [1.82, 2.24) is 0 Å². The lowest BCUT2D eigenvalue weighted by molar-refractivity contribution is 0.0456. The van der Waals surface area contributed by atoms with Gasteiger partial charge < -0.3 is 24.3 Å². The van der Waals surface area contributed by atoms with Crippen molar-refractivity contribution in [3.63, 3.8) is 0 Å². The van der Waals surface area contributed by atoms with Gasteiger partial charge in [0.2, 0.25) is 0 Å². The minimum Gasteiger partial charge on any atom is -0.449 e. The molecule has 7 nitrogen and oxygen atoms in total. The Labute approximate surface area is 164 Å². The second kappa shape index (κ2) is 7.95. The van der Waals surface area contributed by atoms with Gasteiger partial charge in [-0.05, 0) is 36.2 Å². The summed E-state index contributed by atoms with van der Waals surface area (Å²) >= 11 is 0. The lowest BCUT2D eigenvalue weighted by Gasteiger charge is -2.21. The van der Waals surface area contributed by atoms with E-state index in [0.29, 0.717) is 11.3 Å². The predicted octanol–water partition coefficient (Wildman–Crippen LogP) is 3.36. The summed E-state index contributed by atoms with van der Waals surface area (Å²) in [5, 5.41) is 0. The van der Waals surface area contributed by atoms with Crippen LogP contribution in [0, 0.1) is 0 Å². The Kier molecular flexibility index (Phi) is 5.79. The van der Waals surface area contributed by atoms with Crippen molar-refractivity contribution in [2.75, 3.05) is 36.7 Å². The molecule has 2 aromatic carbocycles. The van der Waals surface area contributed by atoms with Gasteiger partial charge in [-0.25, -0.2) is 4.79 Å². The molecule has 1 aliphatic heterocycles. The molecule has 0 amide bonds. The van der Waals surface area contributed by atoms with Gasteiger partial charge in [-0.2, -0.15) is 0 Å². The van der Waals surface area contributed by atoms with Crippen LogP contribution in [-0.4, -0.2) is 42.7 Å². The minimum atomic E-state index is -4.14.